The first-order valence-electron chi connectivity index (χ1n) is 21.8. The molecule has 0 radical (unpaired) electrons. The molecule has 2 nitrogen and oxygen atoms in total. The lowest BCUT2D eigenvalue weighted by Gasteiger charge is -2.28. The van der Waals surface area contributed by atoms with Crippen molar-refractivity contribution in [2.45, 2.75) is 19.3 Å². The molecular formula is C61H43NO. The van der Waals surface area contributed by atoms with Crippen molar-refractivity contribution in [3.05, 3.63) is 236 Å². The summed E-state index contributed by atoms with van der Waals surface area (Å²) >= 11 is 0. The number of nitrogens with zero attached hydrogens (tertiary/aromatic N) is 1. The van der Waals surface area contributed by atoms with E-state index in [9.17, 15) is 0 Å². The summed E-state index contributed by atoms with van der Waals surface area (Å²) < 4.78 is 6.77. The number of rotatable bonds is 7. The van der Waals surface area contributed by atoms with Crippen molar-refractivity contribution in [1.82, 2.24) is 0 Å². The second-order valence-corrected chi connectivity index (χ2v) is 17.3. The Labute approximate surface area is 368 Å². The van der Waals surface area contributed by atoms with Gasteiger partial charge in [0, 0.05) is 33.2 Å². The summed E-state index contributed by atoms with van der Waals surface area (Å²) in [6, 6.07) is 81.5. The fourth-order valence-corrected chi connectivity index (χ4v) is 10.0. The summed E-state index contributed by atoms with van der Waals surface area (Å²) in [6.45, 7) is 4.70. The average molecular weight is 806 g/mol. The van der Waals surface area contributed by atoms with Crippen molar-refractivity contribution in [3.8, 4) is 55.6 Å². The van der Waals surface area contributed by atoms with Crippen LogP contribution < -0.4 is 4.90 Å². The third kappa shape index (κ3) is 6.17. The van der Waals surface area contributed by atoms with Gasteiger partial charge >= 0.3 is 0 Å². The first-order chi connectivity index (χ1) is 31.0. The van der Waals surface area contributed by atoms with E-state index in [0.29, 0.717) is 0 Å². The van der Waals surface area contributed by atoms with Gasteiger partial charge in [-0.2, -0.15) is 0 Å². The Morgan fingerprint density at radius 2 is 0.857 bits per heavy atom. The minimum absolute atomic E-state index is 0.121. The van der Waals surface area contributed by atoms with Crippen molar-refractivity contribution in [2.75, 3.05) is 4.90 Å². The van der Waals surface area contributed by atoms with Crippen LogP contribution in [0.25, 0.3) is 88.3 Å². The van der Waals surface area contributed by atoms with E-state index in [0.717, 1.165) is 61.3 Å². The van der Waals surface area contributed by atoms with Gasteiger partial charge < -0.3 is 9.32 Å². The molecule has 1 aliphatic rings. The number of fused-ring (bicyclic) bond motifs is 8. The van der Waals surface area contributed by atoms with Gasteiger partial charge in [-0.1, -0.05) is 184 Å². The molecular weight excluding hydrogens is 763 g/mol. The van der Waals surface area contributed by atoms with E-state index in [4.69, 9.17) is 4.42 Å². The standard InChI is InChI=1S/C61H43NO/c1-61(2)55-20-12-11-19-52(55)53-35-34-50(39-56(53)61)62(48-30-25-43(26-31-48)41-15-7-4-8-16-41)49-32-27-46(28-33-49)54-37-47(44-23-21-42(22-24-44)40-13-5-3-6-14-40)38-58-60(54)59-51-18-10-9-17-45(51)29-36-57(59)63-58/h3-39H,1-2H3. The highest BCUT2D eigenvalue weighted by atomic mass is 16.3. The first-order valence-corrected chi connectivity index (χ1v) is 21.8. The lowest BCUT2D eigenvalue weighted by Crippen LogP contribution is -2.16. The topological polar surface area (TPSA) is 16.4 Å². The third-order valence-electron chi connectivity index (χ3n) is 13.3. The number of anilines is 3. The average Bonchev–Trinajstić information content (AvgIpc) is 3.84. The normalized spacial score (nSPS) is 12.7. The van der Waals surface area contributed by atoms with Crippen LogP contribution in [-0.2, 0) is 5.41 Å². The minimum atomic E-state index is -0.121. The molecule has 0 atom stereocenters. The summed E-state index contributed by atoms with van der Waals surface area (Å²) in [7, 11) is 0. The molecule has 0 saturated heterocycles. The van der Waals surface area contributed by atoms with Crippen LogP contribution in [0.1, 0.15) is 25.0 Å². The van der Waals surface area contributed by atoms with E-state index in [1.807, 2.05) is 0 Å². The molecule has 1 aromatic heterocycles. The maximum atomic E-state index is 6.77. The van der Waals surface area contributed by atoms with Gasteiger partial charge in [0.2, 0.25) is 0 Å². The van der Waals surface area contributed by atoms with Gasteiger partial charge in [-0.3, -0.25) is 0 Å². The summed E-state index contributed by atoms with van der Waals surface area (Å²) in [6.07, 6.45) is 0. The third-order valence-corrected chi connectivity index (χ3v) is 13.3. The van der Waals surface area contributed by atoms with Crippen LogP contribution in [0.15, 0.2) is 229 Å². The largest absolute Gasteiger partial charge is 0.456 e. The molecule has 10 aromatic carbocycles. The highest BCUT2D eigenvalue weighted by Gasteiger charge is 2.35. The lowest BCUT2D eigenvalue weighted by molar-refractivity contribution is 0.660. The van der Waals surface area contributed by atoms with Gasteiger partial charge in [0.1, 0.15) is 11.2 Å². The molecule has 0 saturated carbocycles. The quantitative estimate of drug-likeness (QED) is 0.160. The van der Waals surface area contributed by atoms with Crippen LogP contribution >= 0.6 is 0 Å². The summed E-state index contributed by atoms with van der Waals surface area (Å²) in [5.74, 6) is 0. The van der Waals surface area contributed by atoms with Gasteiger partial charge in [-0.15, -0.1) is 0 Å². The second-order valence-electron chi connectivity index (χ2n) is 17.3. The highest BCUT2D eigenvalue weighted by molar-refractivity contribution is 6.23. The zero-order valence-corrected chi connectivity index (χ0v) is 35.2. The minimum Gasteiger partial charge on any atom is -0.456 e. The maximum Gasteiger partial charge on any atom is 0.136 e. The van der Waals surface area contributed by atoms with Gasteiger partial charge in [0.15, 0.2) is 0 Å². The molecule has 0 aliphatic heterocycles. The molecule has 0 N–H and O–H groups in total. The van der Waals surface area contributed by atoms with Gasteiger partial charge in [-0.25, -0.2) is 0 Å². The van der Waals surface area contributed by atoms with Gasteiger partial charge in [0.25, 0.3) is 0 Å². The van der Waals surface area contributed by atoms with E-state index in [-0.39, 0.29) is 5.41 Å². The predicted octanol–water partition coefficient (Wildman–Crippen LogP) is 17.2. The summed E-state index contributed by atoms with van der Waals surface area (Å²) in [5, 5.41) is 4.67. The monoisotopic (exact) mass is 805 g/mol. The molecule has 11 aromatic rings. The lowest BCUT2D eigenvalue weighted by atomic mass is 9.82. The molecule has 0 unspecified atom stereocenters. The molecule has 0 bridgehead atoms. The molecule has 0 amide bonds. The maximum absolute atomic E-state index is 6.77. The highest BCUT2D eigenvalue weighted by Crippen LogP contribution is 2.51. The van der Waals surface area contributed by atoms with Crippen molar-refractivity contribution in [1.29, 1.82) is 0 Å². The van der Waals surface area contributed by atoms with Crippen LogP contribution in [0.5, 0.6) is 0 Å². The SMILES string of the molecule is CC1(C)c2ccccc2-c2ccc(N(c3ccc(-c4ccccc4)cc3)c3ccc(-c4cc(-c5ccc(-c6ccccc6)cc5)cc5oc6ccc7ccccc7c6c45)cc3)cc21. The van der Waals surface area contributed by atoms with Crippen LogP contribution in [-0.4, -0.2) is 0 Å². The van der Waals surface area contributed by atoms with Crippen molar-refractivity contribution < 1.29 is 4.42 Å². The molecule has 12 rings (SSSR count). The molecule has 0 fully saturated rings. The van der Waals surface area contributed by atoms with E-state index in [1.165, 1.54) is 55.3 Å². The smallest absolute Gasteiger partial charge is 0.136 e. The molecule has 0 spiro atoms. The van der Waals surface area contributed by atoms with Crippen molar-refractivity contribution in [3.63, 3.8) is 0 Å². The zero-order chi connectivity index (χ0) is 42.1. The van der Waals surface area contributed by atoms with E-state index in [2.05, 4.69) is 243 Å². The second kappa shape index (κ2) is 14.6. The first kappa shape index (κ1) is 36.9. The van der Waals surface area contributed by atoms with E-state index in [1.54, 1.807) is 0 Å². The Hall–Kier alpha value is -7.94. The van der Waals surface area contributed by atoms with E-state index >= 15 is 0 Å². The number of hydrogen-bond donors (Lipinski definition) is 0. The molecule has 2 heteroatoms. The summed E-state index contributed by atoms with van der Waals surface area (Å²) in [5.41, 5.74) is 19.7. The Balaban J connectivity index is 1.01. The van der Waals surface area contributed by atoms with E-state index < -0.39 is 0 Å². The Bertz CT molecular complexity index is 3490. The van der Waals surface area contributed by atoms with Crippen molar-refractivity contribution in [2.24, 2.45) is 0 Å². The number of benzene rings is 10. The molecule has 1 heterocycles. The van der Waals surface area contributed by atoms with Crippen LogP contribution in [0.3, 0.4) is 0 Å². The Morgan fingerprint density at radius 3 is 1.54 bits per heavy atom. The Morgan fingerprint density at radius 1 is 0.333 bits per heavy atom. The van der Waals surface area contributed by atoms with Crippen LogP contribution in [0.4, 0.5) is 17.1 Å². The van der Waals surface area contributed by atoms with Crippen molar-refractivity contribution >= 4 is 49.8 Å². The zero-order valence-electron chi connectivity index (χ0n) is 35.2. The molecule has 1 aliphatic carbocycles. The van der Waals surface area contributed by atoms with Gasteiger partial charge in [0.05, 0.1) is 0 Å². The molecule has 63 heavy (non-hydrogen) atoms. The fraction of sp³-hybridized carbons (Fsp3) is 0.0492. The number of hydrogen-bond acceptors (Lipinski definition) is 2. The molecule has 298 valence electrons. The van der Waals surface area contributed by atoms with Crippen LogP contribution in [0.2, 0.25) is 0 Å². The number of furan rings is 1. The fourth-order valence-electron chi connectivity index (χ4n) is 10.0. The predicted molar refractivity (Wildman–Crippen MR) is 265 cm³/mol. The Kier molecular flexibility index (Phi) is 8.55. The van der Waals surface area contributed by atoms with Crippen LogP contribution in [0, 0.1) is 0 Å². The van der Waals surface area contributed by atoms with Gasteiger partial charge in [-0.05, 0) is 132 Å². The summed E-state index contributed by atoms with van der Waals surface area (Å²) in [4.78, 5) is 2.40.